The van der Waals surface area contributed by atoms with Crippen LogP contribution in [-0.4, -0.2) is 27.4 Å². The highest BCUT2D eigenvalue weighted by molar-refractivity contribution is 5.77. The number of furan rings is 1. The molecule has 1 atom stereocenters. The summed E-state index contributed by atoms with van der Waals surface area (Å²) in [5, 5.41) is 3.07. The SMILES string of the molecule is Cc1nc2ccc(CNC(=O)N3CCCCCC3c3ccco3)cc2[nH]1. The van der Waals surface area contributed by atoms with Gasteiger partial charge in [0.15, 0.2) is 0 Å². The van der Waals surface area contributed by atoms with Gasteiger partial charge >= 0.3 is 6.03 Å². The lowest BCUT2D eigenvalue weighted by Crippen LogP contribution is -2.41. The number of carbonyl (C=O) groups is 1. The van der Waals surface area contributed by atoms with E-state index in [9.17, 15) is 4.79 Å². The molecule has 2 amide bonds. The standard InChI is InChI=1S/C20H24N4O2/c1-14-22-16-9-8-15(12-17(16)23-14)13-21-20(25)24-10-4-2-3-6-18(24)19-7-5-11-26-19/h5,7-9,11-12,18H,2-4,6,10,13H2,1H3,(H,21,25)(H,22,23). The smallest absolute Gasteiger partial charge is 0.318 e. The van der Waals surface area contributed by atoms with E-state index in [1.807, 2.05) is 42.2 Å². The normalized spacial score (nSPS) is 18.0. The van der Waals surface area contributed by atoms with Gasteiger partial charge in [-0.25, -0.2) is 9.78 Å². The number of imidazole rings is 1. The van der Waals surface area contributed by atoms with Gasteiger partial charge in [0.25, 0.3) is 0 Å². The van der Waals surface area contributed by atoms with E-state index < -0.39 is 0 Å². The number of nitrogens with one attached hydrogen (secondary N) is 2. The van der Waals surface area contributed by atoms with Gasteiger partial charge in [-0.3, -0.25) is 0 Å². The van der Waals surface area contributed by atoms with Crippen LogP contribution >= 0.6 is 0 Å². The summed E-state index contributed by atoms with van der Waals surface area (Å²) in [7, 11) is 0. The van der Waals surface area contributed by atoms with Crippen molar-refractivity contribution in [2.24, 2.45) is 0 Å². The second-order valence-electron chi connectivity index (χ2n) is 6.91. The molecular formula is C20H24N4O2. The highest BCUT2D eigenvalue weighted by atomic mass is 16.3. The van der Waals surface area contributed by atoms with Gasteiger partial charge in [0, 0.05) is 13.1 Å². The van der Waals surface area contributed by atoms with Crippen LogP contribution in [0.3, 0.4) is 0 Å². The van der Waals surface area contributed by atoms with Crippen LogP contribution in [0.5, 0.6) is 0 Å². The first kappa shape index (κ1) is 16.7. The van der Waals surface area contributed by atoms with Crippen molar-refractivity contribution in [3.05, 3.63) is 53.7 Å². The lowest BCUT2D eigenvalue weighted by molar-refractivity contribution is 0.166. The lowest BCUT2D eigenvalue weighted by atomic mass is 10.1. The highest BCUT2D eigenvalue weighted by Crippen LogP contribution is 2.30. The molecule has 3 heterocycles. The summed E-state index contributed by atoms with van der Waals surface area (Å²) in [5.41, 5.74) is 3.00. The number of amides is 2. The number of likely N-dealkylation sites (tertiary alicyclic amines) is 1. The summed E-state index contributed by atoms with van der Waals surface area (Å²) < 4.78 is 5.59. The maximum absolute atomic E-state index is 12.9. The van der Waals surface area contributed by atoms with E-state index in [4.69, 9.17) is 4.42 Å². The third kappa shape index (κ3) is 3.45. The average Bonchev–Trinajstić information content (AvgIpc) is 3.22. The lowest BCUT2D eigenvalue weighted by Gasteiger charge is -2.28. The Hall–Kier alpha value is -2.76. The summed E-state index contributed by atoms with van der Waals surface area (Å²) in [5.74, 6) is 1.77. The van der Waals surface area contributed by atoms with Crippen molar-refractivity contribution in [2.45, 2.75) is 45.2 Å². The van der Waals surface area contributed by atoms with Gasteiger partial charge in [0.1, 0.15) is 11.6 Å². The van der Waals surface area contributed by atoms with Gasteiger partial charge in [0.2, 0.25) is 0 Å². The van der Waals surface area contributed by atoms with Gasteiger partial charge in [-0.05, 0) is 49.6 Å². The van der Waals surface area contributed by atoms with Gasteiger partial charge in [-0.1, -0.05) is 18.9 Å². The minimum Gasteiger partial charge on any atom is -0.467 e. The Morgan fingerprint density at radius 2 is 2.27 bits per heavy atom. The zero-order chi connectivity index (χ0) is 17.9. The molecule has 6 heteroatoms. The fraction of sp³-hybridized carbons (Fsp3) is 0.400. The molecule has 0 spiro atoms. The van der Waals surface area contributed by atoms with Crippen molar-refractivity contribution in [3.63, 3.8) is 0 Å². The van der Waals surface area contributed by atoms with Crippen LogP contribution in [-0.2, 0) is 6.54 Å². The maximum Gasteiger partial charge on any atom is 0.318 e. The molecule has 6 nitrogen and oxygen atoms in total. The number of nitrogens with zero attached hydrogens (tertiary/aromatic N) is 2. The zero-order valence-electron chi connectivity index (χ0n) is 15.0. The quantitative estimate of drug-likeness (QED) is 0.738. The summed E-state index contributed by atoms with van der Waals surface area (Å²) >= 11 is 0. The molecule has 1 saturated heterocycles. The Balaban J connectivity index is 1.46. The number of fused-ring (bicyclic) bond motifs is 1. The van der Waals surface area contributed by atoms with Crippen LogP contribution in [0.1, 0.15) is 48.9 Å². The second-order valence-corrected chi connectivity index (χ2v) is 6.91. The maximum atomic E-state index is 12.9. The summed E-state index contributed by atoms with van der Waals surface area (Å²) in [4.78, 5) is 22.4. The minimum absolute atomic E-state index is 0.0187. The molecule has 1 aromatic carbocycles. The minimum atomic E-state index is -0.0332. The zero-order valence-corrected chi connectivity index (χ0v) is 15.0. The van der Waals surface area contributed by atoms with Gasteiger partial charge < -0.3 is 19.6 Å². The largest absolute Gasteiger partial charge is 0.467 e. The number of urea groups is 1. The van der Waals surface area contributed by atoms with Crippen LogP contribution in [0.4, 0.5) is 4.79 Å². The van der Waals surface area contributed by atoms with Crippen LogP contribution in [0.15, 0.2) is 41.0 Å². The molecule has 1 fully saturated rings. The number of aromatic amines is 1. The topological polar surface area (TPSA) is 74.2 Å². The molecule has 3 aromatic rings. The molecule has 1 aliphatic heterocycles. The van der Waals surface area contributed by atoms with Crippen molar-refractivity contribution in [3.8, 4) is 0 Å². The molecule has 136 valence electrons. The Bertz CT molecular complexity index is 884. The Kier molecular flexibility index (Phi) is 4.65. The molecule has 26 heavy (non-hydrogen) atoms. The number of carbonyl (C=O) groups excluding carboxylic acids is 1. The Morgan fingerprint density at radius 3 is 3.12 bits per heavy atom. The van der Waals surface area contributed by atoms with E-state index in [1.54, 1.807) is 6.26 Å². The van der Waals surface area contributed by atoms with Crippen molar-refractivity contribution in [2.75, 3.05) is 6.54 Å². The second kappa shape index (κ2) is 7.23. The number of hydrogen-bond donors (Lipinski definition) is 2. The van der Waals surface area contributed by atoms with Crippen molar-refractivity contribution >= 4 is 17.1 Å². The number of benzene rings is 1. The van der Waals surface area contributed by atoms with Crippen LogP contribution < -0.4 is 5.32 Å². The van der Waals surface area contributed by atoms with E-state index in [0.29, 0.717) is 6.54 Å². The third-order valence-electron chi connectivity index (χ3n) is 4.99. The molecule has 0 aliphatic carbocycles. The Labute approximate surface area is 152 Å². The van der Waals surface area contributed by atoms with Crippen molar-refractivity contribution in [1.82, 2.24) is 20.2 Å². The molecule has 4 rings (SSSR count). The predicted molar refractivity (Wildman–Crippen MR) is 99.7 cm³/mol. The van der Waals surface area contributed by atoms with E-state index >= 15 is 0 Å². The van der Waals surface area contributed by atoms with Crippen LogP contribution in [0.25, 0.3) is 11.0 Å². The average molecular weight is 352 g/mol. The predicted octanol–water partition coefficient (Wildman–Crippen LogP) is 4.29. The number of aryl methyl sites for hydroxylation is 1. The third-order valence-corrected chi connectivity index (χ3v) is 4.99. The first-order valence-electron chi connectivity index (χ1n) is 9.24. The molecule has 1 unspecified atom stereocenters. The fourth-order valence-corrected chi connectivity index (χ4v) is 3.70. The van der Waals surface area contributed by atoms with E-state index in [-0.39, 0.29) is 12.1 Å². The molecule has 2 N–H and O–H groups in total. The summed E-state index contributed by atoms with van der Waals surface area (Å²) in [6, 6.07) is 9.87. The van der Waals surface area contributed by atoms with Crippen LogP contribution in [0.2, 0.25) is 0 Å². The van der Waals surface area contributed by atoms with Gasteiger partial charge in [-0.15, -0.1) is 0 Å². The van der Waals surface area contributed by atoms with Gasteiger partial charge in [-0.2, -0.15) is 0 Å². The Morgan fingerprint density at radius 1 is 1.35 bits per heavy atom. The summed E-state index contributed by atoms with van der Waals surface area (Å²) in [6.07, 6.45) is 5.92. The van der Waals surface area contributed by atoms with Crippen molar-refractivity contribution in [1.29, 1.82) is 0 Å². The van der Waals surface area contributed by atoms with Crippen LogP contribution in [0, 0.1) is 6.92 Å². The first-order chi connectivity index (χ1) is 12.7. The van der Waals surface area contributed by atoms with Crippen molar-refractivity contribution < 1.29 is 9.21 Å². The monoisotopic (exact) mass is 352 g/mol. The highest BCUT2D eigenvalue weighted by Gasteiger charge is 2.28. The molecule has 0 bridgehead atoms. The molecule has 0 radical (unpaired) electrons. The first-order valence-corrected chi connectivity index (χ1v) is 9.24. The summed E-state index contributed by atoms with van der Waals surface area (Å²) in [6.45, 7) is 3.19. The molecular weight excluding hydrogens is 328 g/mol. The molecule has 2 aromatic heterocycles. The fourth-order valence-electron chi connectivity index (χ4n) is 3.70. The van der Waals surface area contributed by atoms with E-state index in [2.05, 4.69) is 15.3 Å². The molecule has 0 saturated carbocycles. The van der Waals surface area contributed by atoms with E-state index in [1.165, 1.54) is 0 Å². The number of rotatable bonds is 3. The molecule has 1 aliphatic rings. The van der Waals surface area contributed by atoms with Gasteiger partial charge in [0.05, 0.1) is 23.3 Å². The van der Waals surface area contributed by atoms with E-state index in [0.717, 1.165) is 60.4 Å². The number of aromatic nitrogens is 2. The number of H-pyrrole nitrogens is 1. The number of hydrogen-bond acceptors (Lipinski definition) is 3.